The van der Waals surface area contributed by atoms with Crippen LogP contribution in [0.3, 0.4) is 0 Å². The van der Waals surface area contributed by atoms with Gasteiger partial charge >= 0.3 is 0 Å². The molecule has 1 aromatic heterocycles. The molecule has 1 amide bonds. The maximum Gasteiger partial charge on any atom is 0.240 e. The van der Waals surface area contributed by atoms with Crippen LogP contribution in [0.15, 0.2) is 47.4 Å². The lowest BCUT2D eigenvalue weighted by Crippen LogP contribution is -2.32. The van der Waals surface area contributed by atoms with Gasteiger partial charge in [-0.1, -0.05) is 18.2 Å². The van der Waals surface area contributed by atoms with Gasteiger partial charge in [-0.2, -0.15) is 0 Å². The van der Waals surface area contributed by atoms with Gasteiger partial charge in [0.15, 0.2) is 0 Å². The molecule has 0 spiro atoms. The molecule has 0 fully saturated rings. The first-order valence-corrected chi connectivity index (χ1v) is 11.7. The van der Waals surface area contributed by atoms with Gasteiger partial charge in [0.05, 0.1) is 22.5 Å². The van der Waals surface area contributed by atoms with Gasteiger partial charge in [0, 0.05) is 20.0 Å². The number of sulfonamides is 1. The Morgan fingerprint density at radius 2 is 1.90 bits per heavy atom. The number of nitrogens with zero attached hydrogens (tertiary/aromatic N) is 2. The largest absolute Gasteiger partial charge is 0.340 e. The Morgan fingerprint density at radius 1 is 1.13 bits per heavy atom. The second kappa shape index (κ2) is 8.57. The van der Waals surface area contributed by atoms with E-state index in [4.69, 9.17) is 0 Å². The molecule has 1 aliphatic carbocycles. The van der Waals surface area contributed by atoms with Crippen LogP contribution in [-0.2, 0) is 34.2 Å². The number of carbonyl (C=O) groups excluding carboxylic acids is 1. The van der Waals surface area contributed by atoms with Crippen molar-refractivity contribution in [3.8, 4) is 0 Å². The smallest absolute Gasteiger partial charge is 0.240 e. The minimum atomic E-state index is -3.63. The zero-order chi connectivity index (χ0) is 21.1. The number of H-pyrrole nitrogens is 1. The molecular weight excluding hydrogens is 400 g/mol. The van der Waals surface area contributed by atoms with E-state index in [9.17, 15) is 13.2 Å². The molecule has 0 bridgehead atoms. The third kappa shape index (κ3) is 4.55. The number of fused-ring (bicyclic) bond motifs is 2. The van der Waals surface area contributed by atoms with Crippen molar-refractivity contribution in [3.05, 3.63) is 59.4 Å². The number of carbonyl (C=O) groups is 1. The molecule has 0 aliphatic heterocycles. The fraction of sp³-hybridized carbons (Fsp3) is 0.364. The minimum Gasteiger partial charge on any atom is -0.340 e. The normalized spacial score (nSPS) is 13.9. The summed E-state index contributed by atoms with van der Waals surface area (Å²) in [6, 6.07) is 13.0. The number of nitrogens with one attached hydrogen (secondary N) is 2. The van der Waals surface area contributed by atoms with Gasteiger partial charge in [-0.3, -0.25) is 4.79 Å². The van der Waals surface area contributed by atoms with Crippen LogP contribution in [0.5, 0.6) is 0 Å². The van der Waals surface area contributed by atoms with E-state index in [1.54, 1.807) is 24.1 Å². The van der Waals surface area contributed by atoms with E-state index in [0.29, 0.717) is 12.4 Å². The first-order valence-electron chi connectivity index (χ1n) is 10.2. The Kier molecular flexibility index (Phi) is 5.87. The monoisotopic (exact) mass is 426 g/mol. The number of rotatable bonds is 7. The molecule has 158 valence electrons. The summed E-state index contributed by atoms with van der Waals surface area (Å²) in [6.45, 7) is 0.397. The second-order valence-corrected chi connectivity index (χ2v) is 9.50. The number of aryl methyl sites for hydroxylation is 2. The van der Waals surface area contributed by atoms with E-state index in [0.717, 1.165) is 42.3 Å². The highest BCUT2D eigenvalue weighted by atomic mass is 32.2. The summed E-state index contributed by atoms with van der Waals surface area (Å²) >= 11 is 0. The van der Waals surface area contributed by atoms with Gasteiger partial charge in [0.2, 0.25) is 15.9 Å². The highest BCUT2D eigenvalue weighted by Crippen LogP contribution is 2.24. The average Bonchev–Trinajstić information content (AvgIpc) is 3.15. The third-order valence-corrected chi connectivity index (χ3v) is 6.97. The molecule has 30 heavy (non-hydrogen) atoms. The van der Waals surface area contributed by atoms with Gasteiger partial charge in [-0.05, 0) is 61.1 Å². The third-order valence-electron chi connectivity index (χ3n) is 5.51. The Morgan fingerprint density at radius 3 is 2.70 bits per heavy atom. The summed E-state index contributed by atoms with van der Waals surface area (Å²) in [4.78, 5) is 21.9. The average molecular weight is 427 g/mol. The van der Waals surface area contributed by atoms with Crippen molar-refractivity contribution in [2.45, 2.75) is 43.5 Å². The zero-order valence-corrected chi connectivity index (χ0v) is 17.8. The first-order chi connectivity index (χ1) is 14.4. The number of benzene rings is 2. The minimum absolute atomic E-state index is 0.0583. The lowest BCUT2D eigenvalue weighted by molar-refractivity contribution is -0.130. The van der Waals surface area contributed by atoms with Crippen molar-refractivity contribution in [1.29, 1.82) is 0 Å². The number of para-hydroxylation sites is 2. The van der Waals surface area contributed by atoms with Crippen molar-refractivity contribution < 1.29 is 13.2 Å². The van der Waals surface area contributed by atoms with Gasteiger partial charge < -0.3 is 9.88 Å². The van der Waals surface area contributed by atoms with E-state index in [2.05, 4.69) is 14.7 Å². The highest BCUT2D eigenvalue weighted by Gasteiger charge is 2.19. The molecule has 2 N–H and O–H groups in total. The Hall–Kier alpha value is -2.71. The predicted octanol–water partition coefficient (Wildman–Crippen LogP) is 2.77. The van der Waals surface area contributed by atoms with E-state index < -0.39 is 10.0 Å². The molecule has 0 saturated heterocycles. The van der Waals surface area contributed by atoms with Gasteiger partial charge in [0.1, 0.15) is 5.82 Å². The van der Waals surface area contributed by atoms with Crippen LogP contribution in [0.2, 0.25) is 0 Å². The molecule has 3 aromatic rings. The van der Waals surface area contributed by atoms with Crippen molar-refractivity contribution in [2.24, 2.45) is 0 Å². The molecular formula is C22H26N4O3S. The van der Waals surface area contributed by atoms with Crippen LogP contribution in [0, 0.1) is 0 Å². The fourth-order valence-electron chi connectivity index (χ4n) is 3.84. The summed E-state index contributed by atoms with van der Waals surface area (Å²) < 4.78 is 27.8. The van der Waals surface area contributed by atoms with Crippen LogP contribution in [-0.4, -0.2) is 42.8 Å². The summed E-state index contributed by atoms with van der Waals surface area (Å²) in [5.41, 5.74) is 4.13. The van der Waals surface area contributed by atoms with E-state index >= 15 is 0 Å². The van der Waals surface area contributed by atoms with Crippen molar-refractivity contribution in [2.75, 3.05) is 13.6 Å². The molecule has 4 rings (SSSR count). The summed E-state index contributed by atoms with van der Waals surface area (Å²) in [5.74, 6) is 0.547. The molecule has 2 aromatic carbocycles. The SMILES string of the molecule is CN(Cc1nc2ccccc2[nH]1)C(=O)CCNS(=O)(=O)c1ccc2c(c1)CCCC2. The maximum atomic E-state index is 12.6. The lowest BCUT2D eigenvalue weighted by Gasteiger charge is -2.17. The van der Waals surface area contributed by atoms with E-state index in [1.165, 1.54) is 5.56 Å². The molecule has 0 atom stereocenters. The Balaban J connectivity index is 1.32. The van der Waals surface area contributed by atoms with Crippen LogP contribution in [0.25, 0.3) is 11.0 Å². The van der Waals surface area contributed by atoms with E-state index in [-0.39, 0.29) is 23.8 Å². The topological polar surface area (TPSA) is 95.2 Å². The molecule has 8 heteroatoms. The summed E-state index contributed by atoms with van der Waals surface area (Å²) in [5, 5.41) is 0. The first kappa shape index (κ1) is 20.6. The highest BCUT2D eigenvalue weighted by molar-refractivity contribution is 7.89. The number of aromatic amines is 1. The molecule has 7 nitrogen and oxygen atoms in total. The van der Waals surface area contributed by atoms with E-state index in [1.807, 2.05) is 30.3 Å². The second-order valence-electron chi connectivity index (χ2n) is 7.74. The molecule has 1 heterocycles. The zero-order valence-electron chi connectivity index (χ0n) is 17.0. The predicted molar refractivity (Wildman–Crippen MR) is 115 cm³/mol. The standard InChI is InChI=1S/C22H26N4O3S/c1-26(15-21-24-19-8-4-5-9-20(19)25-21)22(27)12-13-23-30(28,29)18-11-10-16-6-2-3-7-17(16)14-18/h4-5,8-11,14,23H,2-3,6-7,12-13,15H2,1H3,(H,24,25). The van der Waals surface area contributed by atoms with Crippen molar-refractivity contribution in [3.63, 3.8) is 0 Å². The Labute approximate surface area is 176 Å². The molecule has 1 aliphatic rings. The summed E-state index contributed by atoms with van der Waals surface area (Å²) in [6.07, 6.45) is 4.26. The van der Waals surface area contributed by atoms with Crippen LogP contribution < -0.4 is 4.72 Å². The number of hydrogen-bond acceptors (Lipinski definition) is 4. The number of amides is 1. The van der Waals surface area contributed by atoms with Crippen LogP contribution in [0.1, 0.15) is 36.2 Å². The molecule has 0 radical (unpaired) electrons. The maximum absolute atomic E-state index is 12.6. The van der Waals surface area contributed by atoms with Gasteiger partial charge in [-0.15, -0.1) is 0 Å². The van der Waals surface area contributed by atoms with Gasteiger partial charge in [0.25, 0.3) is 0 Å². The Bertz CT molecular complexity index is 1140. The lowest BCUT2D eigenvalue weighted by atomic mass is 9.92. The van der Waals surface area contributed by atoms with Crippen LogP contribution in [0.4, 0.5) is 0 Å². The fourth-order valence-corrected chi connectivity index (χ4v) is 4.92. The number of imidazole rings is 1. The quantitative estimate of drug-likeness (QED) is 0.607. The molecule has 0 saturated carbocycles. The number of aromatic nitrogens is 2. The van der Waals surface area contributed by atoms with Crippen LogP contribution >= 0.6 is 0 Å². The number of hydrogen-bond donors (Lipinski definition) is 2. The molecule has 0 unspecified atom stereocenters. The van der Waals surface area contributed by atoms with Crippen molar-refractivity contribution >= 4 is 27.0 Å². The van der Waals surface area contributed by atoms with Crippen molar-refractivity contribution in [1.82, 2.24) is 19.6 Å². The summed E-state index contributed by atoms with van der Waals surface area (Å²) in [7, 11) is -1.94. The van der Waals surface area contributed by atoms with Gasteiger partial charge in [-0.25, -0.2) is 18.1 Å².